The fraction of sp³-hybridized carbons (Fsp3) is 0. The minimum atomic E-state index is -0.0814. The number of fused-ring (bicyclic) bond motifs is 1. The molecule has 0 saturated carbocycles. The molecule has 3 heterocycles. The molecule has 3 rings (SSSR count). The van der Waals surface area contributed by atoms with Crippen LogP contribution in [-0.4, -0.2) is 10.9 Å². The zero-order valence-electron chi connectivity index (χ0n) is 8.31. The van der Waals surface area contributed by atoms with Gasteiger partial charge in [-0.2, -0.15) is 0 Å². The van der Waals surface area contributed by atoms with Crippen LogP contribution in [0.15, 0.2) is 35.8 Å². The summed E-state index contributed by atoms with van der Waals surface area (Å²) in [6, 6.07) is 7.69. The van der Waals surface area contributed by atoms with Crippen LogP contribution in [0.2, 0.25) is 0 Å². The number of aromatic nitrogens is 1. The predicted molar refractivity (Wildman–Crippen MR) is 65.1 cm³/mol. The van der Waals surface area contributed by atoms with Crippen LogP contribution in [0.5, 0.6) is 0 Å². The number of carbonyl (C=O) groups excluding carboxylic acids is 1. The van der Waals surface area contributed by atoms with Crippen LogP contribution in [0.25, 0.3) is 11.6 Å². The fourth-order valence-electron chi connectivity index (χ4n) is 1.68. The Labute approximate surface area is 96.5 Å². The van der Waals surface area contributed by atoms with E-state index in [1.807, 2.05) is 35.7 Å². The number of hydrogen-bond acceptors (Lipinski definition) is 3. The molecule has 78 valence electrons. The summed E-state index contributed by atoms with van der Waals surface area (Å²) in [6.45, 7) is 0. The van der Waals surface area contributed by atoms with Gasteiger partial charge in [-0.05, 0) is 29.7 Å². The van der Waals surface area contributed by atoms with Gasteiger partial charge < -0.3 is 5.32 Å². The monoisotopic (exact) mass is 228 g/mol. The van der Waals surface area contributed by atoms with Crippen LogP contribution in [0.1, 0.15) is 10.4 Å². The standard InChI is InChI=1S/C12H8N2OS/c15-12-10(7-8-3-2-6-16-8)9-4-1-5-13-11(9)14-12/h1-7H,(H,13,14,15)/b10-7+. The molecular formula is C12H8N2OS. The molecule has 4 heteroatoms. The molecular weight excluding hydrogens is 220 g/mol. The van der Waals surface area contributed by atoms with Crippen molar-refractivity contribution in [2.24, 2.45) is 0 Å². The summed E-state index contributed by atoms with van der Waals surface area (Å²) in [5.41, 5.74) is 1.56. The maximum absolute atomic E-state index is 11.7. The molecule has 1 N–H and O–H groups in total. The molecule has 0 fully saturated rings. The normalized spacial score (nSPS) is 16.2. The lowest BCUT2D eigenvalue weighted by molar-refractivity contribution is -0.110. The van der Waals surface area contributed by atoms with Crippen LogP contribution in [0.3, 0.4) is 0 Å². The zero-order valence-corrected chi connectivity index (χ0v) is 9.12. The van der Waals surface area contributed by atoms with E-state index in [0.29, 0.717) is 11.4 Å². The molecule has 0 aromatic carbocycles. The minimum Gasteiger partial charge on any atom is -0.306 e. The maximum Gasteiger partial charge on any atom is 0.257 e. The van der Waals surface area contributed by atoms with Crippen LogP contribution in [-0.2, 0) is 4.79 Å². The molecule has 2 aromatic rings. The number of carbonyl (C=O) groups is 1. The highest BCUT2D eigenvalue weighted by atomic mass is 32.1. The van der Waals surface area contributed by atoms with Crippen molar-refractivity contribution >= 4 is 34.7 Å². The van der Waals surface area contributed by atoms with Crippen molar-refractivity contribution in [1.82, 2.24) is 4.98 Å². The number of anilines is 1. The highest BCUT2D eigenvalue weighted by Crippen LogP contribution is 2.31. The quantitative estimate of drug-likeness (QED) is 0.762. The number of amides is 1. The Morgan fingerprint density at radius 2 is 2.25 bits per heavy atom. The molecule has 0 unspecified atom stereocenters. The van der Waals surface area contributed by atoms with E-state index in [1.165, 1.54) is 0 Å². The van der Waals surface area contributed by atoms with Crippen molar-refractivity contribution in [2.75, 3.05) is 5.32 Å². The van der Waals surface area contributed by atoms with Crippen LogP contribution in [0, 0.1) is 0 Å². The van der Waals surface area contributed by atoms with Gasteiger partial charge in [-0.1, -0.05) is 6.07 Å². The van der Waals surface area contributed by atoms with Crippen LogP contribution in [0.4, 0.5) is 5.82 Å². The smallest absolute Gasteiger partial charge is 0.257 e. The lowest BCUT2D eigenvalue weighted by atomic mass is 10.1. The largest absolute Gasteiger partial charge is 0.306 e. The first-order valence-corrected chi connectivity index (χ1v) is 5.74. The average molecular weight is 228 g/mol. The topological polar surface area (TPSA) is 42.0 Å². The van der Waals surface area contributed by atoms with Crippen LogP contribution < -0.4 is 5.32 Å². The second-order valence-corrected chi connectivity index (χ2v) is 4.41. The molecule has 1 amide bonds. The van der Waals surface area contributed by atoms with Gasteiger partial charge in [-0.3, -0.25) is 4.79 Å². The summed E-state index contributed by atoms with van der Waals surface area (Å²) in [5, 5.41) is 4.74. The van der Waals surface area contributed by atoms with E-state index in [1.54, 1.807) is 17.5 Å². The number of pyridine rings is 1. The van der Waals surface area contributed by atoms with Crippen molar-refractivity contribution in [3.8, 4) is 0 Å². The van der Waals surface area contributed by atoms with E-state index in [4.69, 9.17) is 0 Å². The first kappa shape index (κ1) is 9.30. The molecule has 0 aliphatic carbocycles. The average Bonchev–Trinajstić information content (AvgIpc) is 2.89. The van der Waals surface area contributed by atoms with Gasteiger partial charge >= 0.3 is 0 Å². The fourth-order valence-corrected chi connectivity index (χ4v) is 2.34. The lowest BCUT2D eigenvalue weighted by Crippen LogP contribution is -2.03. The van der Waals surface area contributed by atoms with E-state index in [-0.39, 0.29) is 5.91 Å². The third-order valence-electron chi connectivity index (χ3n) is 2.40. The van der Waals surface area contributed by atoms with Crippen molar-refractivity contribution in [3.63, 3.8) is 0 Å². The van der Waals surface area contributed by atoms with Gasteiger partial charge in [-0.25, -0.2) is 4.98 Å². The van der Waals surface area contributed by atoms with Crippen molar-refractivity contribution in [1.29, 1.82) is 0 Å². The summed E-state index contributed by atoms with van der Waals surface area (Å²) in [4.78, 5) is 16.9. The second-order valence-electron chi connectivity index (χ2n) is 3.43. The van der Waals surface area contributed by atoms with Gasteiger partial charge in [0.05, 0.1) is 5.57 Å². The Morgan fingerprint density at radius 3 is 3.06 bits per heavy atom. The Balaban J connectivity index is 2.12. The molecule has 0 radical (unpaired) electrons. The Morgan fingerprint density at radius 1 is 1.31 bits per heavy atom. The molecule has 2 aromatic heterocycles. The Hall–Kier alpha value is -1.94. The highest BCUT2D eigenvalue weighted by molar-refractivity contribution is 7.11. The highest BCUT2D eigenvalue weighted by Gasteiger charge is 2.24. The molecule has 3 nitrogen and oxygen atoms in total. The molecule has 1 aliphatic rings. The number of hydrogen-bond donors (Lipinski definition) is 1. The Kier molecular flexibility index (Phi) is 2.08. The first-order valence-electron chi connectivity index (χ1n) is 4.86. The summed E-state index contributed by atoms with van der Waals surface area (Å²) < 4.78 is 0. The van der Waals surface area contributed by atoms with Crippen molar-refractivity contribution in [3.05, 3.63) is 46.3 Å². The molecule has 0 atom stereocenters. The van der Waals surface area contributed by atoms with E-state index >= 15 is 0 Å². The van der Waals surface area contributed by atoms with E-state index in [0.717, 1.165) is 10.4 Å². The third-order valence-corrected chi connectivity index (χ3v) is 3.22. The van der Waals surface area contributed by atoms with Gasteiger partial charge in [0.15, 0.2) is 0 Å². The third kappa shape index (κ3) is 1.44. The van der Waals surface area contributed by atoms with E-state index in [2.05, 4.69) is 10.3 Å². The predicted octanol–water partition coefficient (Wildman–Crippen LogP) is 2.64. The van der Waals surface area contributed by atoms with Gasteiger partial charge in [-0.15, -0.1) is 11.3 Å². The molecule has 0 saturated heterocycles. The first-order chi connectivity index (χ1) is 7.84. The number of thiophene rings is 1. The van der Waals surface area contributed by atoms with Crippen molar-refractivity contribution < 1.29 is 4.79 Å². The summed E-state index contributed by atoms with van der Waals surface area (Å²) >= 11 is 1.61. The summed E-state index contributed by atoms with van der Waals surface area (Å²) in [5.74, 6) is 0.567. The SMILES string of the molecule is O=C1Nc2ncccc2/C1=C\c1cccs1. The molecule has 0 spiro atoms. The molecule has 1 aliphatic heterocycles. The van der Waals surface area contributed by atoms with Gasteiger partial charge in [0.25, 0.3) is 5.91 Å². The van der Waals surface area contributed by atoms with E-state index in [9.17, 15) is 4.79 Å². The summed E-state index contributed by atoms with van der Waals surface area (Å²) in [6.07, 6.45) is 3.57. The van der Waals surface area contributed by atoms with Gasteiger partial charge in [0, 0.05) is 16.6 Å². The maximum atomic E-state index is 11.7. The van der Waals surface area contributed by atoms with Gasteiger partial charge in [0.1, 0.15) is 5.82 Å². The number of nitrogens with one attached hydrogen (secondary N) is 1. The number of rotatable bonds is 1. The molecule has 0 bridgehead atoms. The van der Waals surface area contributed by atoms with Gasteiger partial charge in [0.2, 0.25) is 0 Å². The Bertz CT molecular complexity index is 572. The second kappa shape index (κ2) is 3.57. The number of nitrogens with zero attached hydrogens (tertiary/aromatic N) is 1. The zero-order chi connectivity index (χ0) is 11.0. The lowest BCUT2D eigenvalue weighted by Gasteiger charge is -1.94. The summed E-state index contributed by atoms with van der Waals surface area (Å²) in [7, 11) is 0. The van der Waals surface area contributed by atoms with E-state index < -0.39 is 0 Å². The van der Waals surface area contributed by atoms with Crippen molar-refractivity contribution in [2.45, 2.75) is 0 Å². The van der Waals surface area contributed by atoms with Crippen LogP contribution >= 0.6 is 11.3 Å². The minimum absolute atomic E-state index is 0.0814. The molecule has 16 heavy (non-hydrogen) atoms.